The van der Waals surface area contributed by atoms with Gasteiger partial charge in [-0.25, -0.2) is 0 Å². The van der Waals surface area contributed by atoms with Gasteiger partial charge < -0.3 is 10.4 Å². The molecule has 1 aromatic carbocycles. The van der Waals surface area contributed by atoms with Crippen LogP contribution in [0, 0.1) is 0 Å². The summed E-state index contributed by atoms with van der Waals surface area (Å²) < 4.78 is 0. The number of benzene rings is 1. The Morgan fingerprint density at radius 1 is 1.22 bits per heavy atom. The van der Waals surface area contributed by atoms with Gasteiger partial charge in [0.15, 0.2) is 0 Å². The summed E-state index contributed by atoms with van der Waals surface area (Å²) in [5, 5.41) is 13.9. The molecule has 2 N–H and O–H groups in total. The van der Waals surface area contributed by atoms with Crippen molar-refractivity contribution in [1.82, 2.24) is 5.32 Å². The van der Waals surface area contributed by atoms with Crippen molar-refractivity contribution >= 4 is 0 Å². The van der Waals surface area contributed by atoms with Crippen LogP contribution in [0.5, 0.6) is 0 Å². The Morgan fingerprint density at radius 2 is 1.89 bits per heavy atom. The molecule has 0 spiro atoms. The highest BCUT2D eigenvalue weighted by Gasteiger charge is 2.23. The lowest BCUT2D eigenvalue weighted by Gasteiger charge is -2.26. The predicted octanol–water partition coefficient (Wildman–Crippen LogP) is 2.90. The van der Waals surface area contributed by atoms with Crippen LogP contribution in [-0.2, 0) is 6.42 Å². The minimum atomic E-state index is -0.599. The van der Waals surface area contributed by atoms with Crippen LogP contribution in [0.2, 0.25) is 0 Å². The van der Waals surface area contributed by atoms with E-state index in [1.807, 2.05) is 13.0 Å². The summed E-state index contributed by atoms with van der Waals surface area (Å²) in [5.41, 5.74) is 0.706. The van der Waals surface area contributed by atoms with E-state index >= 15 is 0 Å². The molecular weight excluding hydrogens is 222 g/mol. The molecule has 100 valence electrons. The van der Waals surface area contributed by atoms with E-state index in [9.17, 15) is 5.11 Å². The predicted molar refractivity (Wildman–Crippen MR) is 75.6 cm³/mol. The minimum Gasteiger partial charge on any atom is -0.389 e. The summed E-state index contributed by atoms with van der Waals surface area (Å²) in [4.78, 5) is 0. The fourth-order valence-electron chi connectivity index (χ4n) is 2.64. The third kappa shape index (κ3) is 4.43. The van der Waals surface area contributed by atoms with Gasteiger partial charge in [0.25, 0.3) is 0 Å². The topological polar surface area (TPSA) is 32.3 Å². The molecule has 0 radical (unpaired) electrons. The molecule has 1 saturated carbocycles. The summed E-state index contributed by atoms with van der Waals surface area (Å²) >= 11 is 0. The Kier molecular flexibility index (Phi) is 4.79. The summed E-state index contributed by atoms with van der Waals surface area (Å²) in [7, 11) is 0. The third-order valence-corrected chi connectivity index (χ3v) is 3.92. The molecule has 1 aromatic rings. The number of aryl methyl sites for hydroxylation is 1. The van der Waals surface area contributed by atoms with Crippen LogP contribution in [-0.4, -0.2) is 23.3 Å². The Morgan fingerprint density at radius 3 is 2.56 bits per heavy atom. The lowest BCUT2D eigenvalue weighted by Crippen LogP contribution is -2.42. The fourth-order valence-corrected chi connectivity index (χ4v) is 2.64. The van der Waals surface area contributed by atoms with E-state index in [0.29, 0.717) is 12.6 Å². The van der Waals surface area contributed by atoms with Crippen LogP contribution in [0.3, 0.4) is 0 Å². The second kappa shape index (κ2) is 6.35. The smallest absolute Gasteiger partial charge is 0.0746 e. The van der Waals surface area contributed by atoms with Crippen LogP contribution in [0.4, 0.5) is 0 Å². The van der Waals surface area contributed by atoms with Gasteiger partial charge in [0.05, 0.1) is 5.60 Å². The lowest BCUT2D eigenvalue weighted by molar-refractivity contribution is 0.0483. The highest BCUT2D eigenvalue weighted by atomic mass is 16.3. The first-order valence-corrected chi connectivity index (χ1v) is 7.15. The van der Waals surface area contributed by atoms with Gasteiger partial charge in [-0.15, -0.1) is 0 Å². The van der Waals surface area contributed by atoms with Crippen molar-refractivity contribution in [1.29, 1.82) is 0 Å². The van der Waals surface area contributed by atoms with E-state index in [1.165, 1.54) is 31.2 Å². The molecule has 0 saturated heterocycles. The maximum absolute atomic E-state index is 10.4. The Hall–Kier alpha value is -0.860. The van der Waals surface area contributed by atoms with Gasteiger partial charge in [-0.3, -0.25) is 0 Å². The molecule has 1 aliphatic carbocycles. The average molecular weight is 247 g/mol. The van der Waals surface area contributed by atoms with Crippen LogP contribution < -0.4 is 5.32 Å². The summed E-state index contributed by atoms with van der Waals surface area (Å²) in [6, 6.07) is 11.0. The van der Waals surface area contributed by atoms with Gasteiger partial charge in [0.2, 0.25) is 0 Å². The normalized spacial score (nSPS) is 19.9. The molecule has 1 unspecified atom stereocenters. The first-order valence-electron chi connectivity index (χ1n) is 7.15. The molecule has 1 fully saturated rings. The van der Waals surface area contributed by atoms with Crippen molar-refractivity contribution in [3.8, 4) is 0 Å². The molecule has 0 amide bonds. The third-order valence-electron chi connectivity index (χ3n) is 3.92. The van der Waals surface area contributed by atoms with Crippen molar-refractivity contribution < 1.29 is 5.11 Å². The molecule has 0 bridgehead atoms. The summed E-state index contributed by atoms with van der Waals surface area (Å²) in [6.45, 7) is 2.66. The first kappa shape index (κ1) is 13.6. The number of rotatable bonds is 6. The van der Waals surface area contributed by atoms with Crippen LogP contribution in [0.25, 0.3) is 0 Å². The monoisotopic (exact) mass is 247 g/mol. The average Bonchev–Trinajstić information content (AvgIpc) is 2.89. The maximum Gasteiger partial charge on any atom is 0.0746 e. The van der Waals surface area contributed by atoms with Crippen LogP contribution in [0.15, 0.2) is 30.3 Å². The summed E-state index contributed by atoms with van der Waals surface area (Å²) in [6.07, 6.45) is 6.98. The molecule has 1 atom stereocenters. The van der Waals surface area contributed by atoms with E-state index in [1.54, 1.807) is 0 Å². The van der Waals surface area contributed by atoms with E-state index < -0.39 is 5.60 Å². The highest BCUT2D eigenvalue weighted by Crippen LogP contribution is 2.19. The van der Waals surface area contributed by atoms with Gasteiger partial charge in [-0.1, -0.05) is 43.2 Å². The molecule has 2 heteroatoms. The molecular formula is C16H25NO. The molecule has 2 rings (SSSR count). The molecule has 0 aromatic heterocycles. The van der Waals surface area contributed by atoms with Crippen molar-refractivity contribution in [3.05, 3.63) is 35.9 Å². The van der Waals surface area contributed by atoms with Crippen molar-refractivity contribution in [3.63, 3.8) is 0 Å². The van der Waals surface area contributed by atoms with Crippen molar-refractivity contribution in [2.45, 2.75) is 57.1 Å². The standard InChI is InChI=1S/C16H25NO/c1-16(18,13-17-15-9-5-6-10-15)12-11-14-7-3-2-4-8-14/h2-4,7-8,15,17-18H,5-6,9-13H2,1H3. The Balaban J connectivity index is 1.72. The van der Waals surface area contributed by atoms with E-state index in [4.69, 9.17) is 0 Å². The lowest BCUT2D eigenvalue weighted by atomic mass is 9.96. The van der Waals surface area contributed by atoms with E-state index in [0.717, 1.165) is 12.8 Å². The molecule has 1 aliphatic rings. The van der Waals surface area contributed by atoms with Crippen molar-refractivity contribution in [2.24, 2.45) is 0 Å². The van der Waals surface area contributed by atoms with Gasteiger partial charge in [0, 0.05) is 12.6 Å². The van der Waals surface area contributed by atoms with Crippen molar-refractivity contribution in [2.75, 3.05) is 6.54 Å². The zero-order valence-corrected chi connectivity index (χ0v) is 11.4. The number of nitrogens with one attached hydrogen (secondary N) is 1. The number of aliphatic hydroxyl groups is 1. The molecule has 2 nitrogen and oxygen atoms in total. The molecule has 0 aliphatic heterocycles. The van der Waals surface area contributed by atoms with Gasteiger partial charge >= 0.3 is 0 Å². The van der Waals surface area contributed by atoms with Crippen LogP contribution in [0.1, 0.15) is 44.6 Å². The van der Waals surface area contributed by atoms with Crippen LogP contribution >= 0.6 is 0 Å². The Bertz CT molecular complexity index is 341. The Labute approximate surface area is 110 Å². The number of hydrogen-bond acceptors (Lipinski definition) is 2. The second-order valence-corrected chi connectivity index (χ2v) is 5.84. The fraction of sp³-hybridized carbons (Fsp3) is 0.625. The molecule has 18 heavy (non-hydrogen) atoms. The first-order chi connectivity index (χ1) is 8.66. The maximum atomic E-state index is 10.4. The zero-order valence-electron chi connectivity index (χ0n) is 11.4. The minimum absolute atomic E-state index is 0.599. The number of hydrogen-bond donors (Lipinski definition) is 2. The summed E-state index contributed by atoms with van der Waals surface area (Å²) in [5.74, 6) is 0. The largest absolute Gasteiger partial charge is 0.389 e. The van der Waals surface area contributed by atoms with E-state index in [2.05, 4.69) is 29.6 Å². The quantitative estimate of drug-likeness (QED) is 0.810. The van der Waals surface area contributed by atoms with E-state index in [-0.39, 0.29) is 0 Å². The van der Waals surface area contributed by atoms with Gasteiger partial charge in [-0.2, -0.15) is 0 Å². The van der Waals surface area contributed by atoms with Gasteiger partial charge in [-0.05, 0) is 38.2 Å². The van der Waals surface area contributed by atoms with Gasteiger partial charge in [0.1, 0.15) is 0 Å². The SMILES string of the molecule is CC(O)(CCc1ccccc1)CNC1CCCC1. The molecule has 0 heterocycles. The second-order valence-electron chi connectivity index (χ2n) is 5.84. The zero-order chi connectivity index (χ0) is 12.8. The highest BCUT2D eigenvalue weighted by molar-refractivity contribution is 5.15.